The smallest absolute Gasteiger partial charge is 0.00952 e. The summed E-state index contributed by atoms with van der Waals surface area (Å²) >= 11 is 0. The molecule has 0 aliphatic carbocycles. The van der Waals surface area contributed by atoms with E-state index >= 15 is 0 Å². The molecule has 3 nitrogen and oxygen atoms in total. The molecule has 0 amide bonds. The summed E-state index contributed by atoms with van der Waals surface area (Å²) in [6, 6.07) is 0.809. The number of unbranched alkanes of at least 4 members (excludes halogenated alkanes) is 16. The van der Waals surface area contributed by atoms with E-state index in [1.165, 1.54) is 167 Å². The van der Waals surface area contributed by atoms with E-state index in [1.807, 2.05) is 0 Å². The fourth-order valence-electron chi connectivity index (χ4n) is 5.55. The lowest BCUT2D eigenvalue weighted by atomic mass is 9.98. The maximum atomic E-state index is 2.91. The zero-order valence-electron chi connectivity index (χ0n) is 26.3. The van der Waals surface area contributed by atoms with Crippen LogP contribution in [0.5, 0.6) is 0 Å². The van der Waals surface area contributed by atoms with E-state index in [0.29, 0.717) is 0 Å². The van der Waals surface area contributed by atoms with Crippen molar-refractivity contribution in [1.29, 1.82) is 0 Å². The molecule has 0 fully saturated rings. The predicted octanol–water partition coefficient (Wildman–Crippen LogP) is 9.40. The van der Waals surface area contributed by atoms with Gasteiger partial charge < -0.3 is 14.7 Å². The lowest BCUT2D eigenvalue weighted by Gasteiger charge is -2.33. The molecule has 0 aromatic heterocycles. The van der Waals surface area contributed by atoms with Gasteiger partial charge in [0, 0.05) is 6.04 Å². The Kier molecular flexibility index (Phi) is 27.8. The average Bonchev–Trinajstić information content (AvgIpc) is 2.84. The van der Waals surface area contributed by atoms with E-state index in [2.05, 4.69) is 56.7 Å². The molecule has 0 radical (unpaired) electrons. The largest absolute Gasteiger partial charge is 0.309 e. The van der Waals surface area contributed by atoms with E-state index in [4.69, 9.17) is 0 Å². The minimum Gasteiger partial charge on any atom is -0.309 e. The van der Waals surface area contributed by atoms with Gasteiger partial charge in [0.05, 0.1) is 0 Å². The predicted molar refractivity (Wildman–Crippen MR) is 165 cm³/mol. The Morgan fingerprint density at radius 3 is 0.972 bits per heavy atom. The molecule has 0 bridgehead atoms. The van der Waals surface area contributed by atoms with Gasteiger partial charge in [-0.25, -0.2) is 0 Å². The number of rotatable bonds is 29. The zero-order chi connectivity index (χ0) is 26.7. The molecule has 0 rings (SSSR count). The summed E-state index contributed by atoms with van der Waals surface area (Å²) in [5.74, 6) is 0. The third kappa shape index (κ3) is 25.5. The molecule has 0 aromatic rings. The van der Waals surface area contributed by atoms with Gasteiger partial charge in [-0.1, -0.05) is 129 Å². The number of nitrogens with zero attached hydrogens (tertiary/aromatic N) is 3. The third-order valence-corrected chi connectivity index (χ3v) is 7.90. The Balaban J connectivity index is 4.55. The zero-order valence-corrected chi connectivity index (χ0v) is 26.3. The first-order valence-electron chi connectivity index (χ1n) is 16.5. The van der Waals surface area contributed by atoms with Gasteiger partial charge in [0.25, 0.3) is 0 Å². The van der Waals surface area contributed by atoms with Gasteiger partial charge in [0.1, 0.15) is 0 Å². The molecule has 218 valence electrons. The molecule has 0 aliphatic heterocycles. The third-order valence-electron chi connectivity index (χ3n) is 7.90. The molecule has 0 spiro atoms. The van der Waals surface area contributed by atoms with Crippen molar-refractivity contribution in [1.82, 2.24) is 14.7 Å². The maximum Gasteiger partial charge on any atom is 0.00952 e. The van der Waals surface area contributed by atoms with Crippen LogP contribution < -0.4 is 0 Å². The van der Waals surface area contributed by atoms with Crippen molar-refractivity contribution in [2.45, 2.75) is 161 Å². The first-order valence-corrected chi connectivity index (χ1v) is 16.5. The van der Waals surface area contributed by atoms with Gasteiger partial charge in [-0.2, -0.15) is 0 Å². The summed E-state index contributed by atoms with van der Waals surface area (Å²) in [4.78, 5) is 7.62. The van der Waals surface area contributed by atoms with Crippen LogP contribution in [-0.2, 0) is 0 Å². The van der Waals surface area contributed by atoms with Crippen molar-refractivity contribution in [2.24, 2.45) is 0 Å². The lowest BCUT2D eigenvalue weighted by Crippen LogP contribution is -2.39. The van der Waals surface area contributed by atoms with Crippen LogP contribution >= 0.6 is 0 Å². The first-order chi connectivity index (χ1) is 17.5. The second kappa shape index (κ2) is 27.9. The molecule has 3 heteroatoms. The van der Waals surface area contributed by atoms with Crippen LogP contribution in [0.3, 0.4) is 0 Å². The molecular weight excluding hydrogens is 438 g/mol. The van der Waals surface area contributed by atoms with Crippen molar-refractivity contribution < 1.29 is 0 Å². The minimum absolute atomic E-state index is 0.809. The van der Waals surface area contributed by atoms with Crippen molar-refractivity contribution in [2.75, 3.05) is 54.4 Å². The van der Waals surface area contributed by atoms with Crippen LogP contribution in [0, 0.1) is 0 Å². The highest BCUT2D eigenvalue weighted by Crippen LogP contribution is 2.20. The monoisotopic (exact) mass is 510 g/mol. The van der Waals surface area contributed by atoms with E-state index < -0.39 is 0 Å². The first kappa shape index (κ1) is 35.9. The van der Waals surface area contributed by atoms with Gasteiger partial charge in [-0.05, 0) is 80.1 Å². The molecular formula is C33H71N3. The summed E-state index contributed by atoms with van der Waals surface area (Å²) in [6.07, 6.45) is 31.4. The number of hydrogen-bond donors (Lipinski definition) is 0. The Hall–Kier alpha value is -0.120. The highest BCUT2D eigenvalue weighted by molar-refractivity contribution is 4.74. The molecule has 0 aliphatic rings. The summed E-state index contributed by atoms with van der Waals surface area (Å²) < 4.78 is 0. The Morgan fingerprint density at radius 2 is 0.667 bits per heavy atom. The van der Waals surface area contributed by atoms with E-state index in [0.717, 1.165) is 6.04 Å². The van der Waals surface area contributed by atoms with Crippen molar-refractivity contribution in [3.8, 4) is 0 Å². The maximum absolute atomic E-state index is 2.91. The van der Waals surface area contributed by atoms with E-state index in [-0.39, 0.29) is 0 Å². The summed E-state index contributed by atoms with van der Waals surface area (Å²) in [5.41, 5.74) is 0. The molecule has 0 heterocycles. The van der Waals surface area contributed by atoms with Crippen LogP contribution in [0.2, 0.25) is 0 Å². The number of hydrogen-bond acceptors (Lipinski definition) is 3. The second-order valence-electron chi connectivity index (χ2n) is 12.2. The van der Waals surface area contributed by atoms with E-state index in [1.54, 1.807) is 0 Å². The minimum atomic E-state index is 0.809. The molecule has 0 atom stereocenters. The van der Waals surface area contributed by atoms with Gasteiger partial charge in [-0.15, -0.1) is 0 Å². The fourth-order valence-corrected chi connectivity index (χ4v) is 5.55. The average molecular weight is 510 g/mol. The molecule has 0 unspecified atom stereocenters. The molecule has 0 aromatic carbocycles. The summed E-state index contributed by atoms with van der Waals surface area (Å²) in [6.45, 7) is 9.63. The van der Waals surface area contributed by atoms with Crippen molar-refractivity contribution in [3.63, 3.8) is 0 Å². The molecule has 0 saturated carbocycles. The Labute approximate surface area is 230 Å². The summed E-state index contributed by atoms with van der Waals surface area (Å²) in [5, 5.41) is 0. The van der Waals surface area contributed by atoms with Gasteiger partial charge in [0.2, 0.25) is 0 Å². The van der Waals surface area contributed by atoms with Crippen LogP contribution in [0.25, 0.3) is 0 Å². The topological polar surface area (TPSA) is 9.72 Å². The SMILES string of the molecule is CCCCCCCCCCCC(CCCCCCCCCCC)N(CCCN(C)C)CCCN(C)C. The standard InChI is InChI=1S/C33H71N3/c1-7-9-11-13-15-17-19-21-23-27-33(28-24-22-20-18-16-14-12-10-8-2)36(31-25-29-34(3)4)32-26-30-35(5)6/h33H,7-32H2,1-6H3. The van der Waals surface area contributed by atoms with Crippen molar-refractivity contribution in [3.05, 3.63) is 0 Å². The van der Waals surface area contributed by atoms with Gasteiger partial charge >= 0.3 is 0 Å². The quantitative estimate of drug-likeness (QED) is 0.0929. The highest BCUT2D eigenvalue weighted by Gasteiger charge is 2.18. The van der Waals surface area contributed by atoms with Crippen LogP contribution in [0.15, 0.2) is 0 Å². The normalized spacial score (nSPS) is 12.2. The van der Waals surface area contributed by atoms with Crippen LogP contribution in [0.1, 0.15) is 155 Å². The molecule has 0 saturated heterocycles. The Morgan fingerprint density at radius 1 is 0.361 bits per heavy atom. The van der Waals surface area contributed by atoms with Crippen LogP contribution in [-0.4, -0.2) is 75.1 Å². The van der Waals surface area contributed by atoms with Crippen molar-refractivity contribution >= 4 is 0 Å². The van der Waals surface area contributed by atoms with Crippen LogP contribution in [0.4, 0.5) is 0 Å². The Bertz CT molecular complexity index is 374. The molecule has 0 N–H and O–H groups in total. The lowest BCUT2D eigenvalue weighted by molar-refractivity contribution is 0.156. The molecule has 36 heavy (non-hydrogen) atoms. The second-order valence-corrected chi connectivity index (χ2v) is 12.2. The van der Waals surface area contributed by atoms with E-state index in [9.17, 15) is 0 Å². The van der Waals surface area contributed by atoms with Gasteiger partial charge in [0.15, 0.2) is 0 Å². The summed E-state index contributed by atoms with van der Waals surface area (Å²) in [7, 11) is 8.88. The fraction of sp³-hybridized carbons (Fsp3) is 1.00. The van der Waals surface area contributed by atoms with Gasteiger partial charge in [-0.3, -0.25) is 0 Å². The highest BCUT2D eigenvalue weighted by atomic mass is 15.2.